The van der Waals surface area contributed by atoms with E-state index < -0.39 is 40.9 Å². The Morgan fingerprint density at radius 1 is 1.32 bits per heavy atom. The summed E-state index contributed by atoms with van der Waals surface area (Å²) < 4.78 is 80.8. The minimum Gasteiger partial charge on any atom is -0.400 e. The molecule has 3 nitrogen and oxygen atoms in total. The van der Waals surface area contributed by atoms with Crippen LogP contribution in [0.2, 0.25) is 0 Å². The Balaban J connectivity index is 2.10. The van der Waals surface area contributed by atoms with Crippen LogP contribution in [0.1, 0.15) is 31.7 Å². The van der Waals surface area contributed by atoms with Gasteiger partial charge in [-0.05, 0) is 44.0 Å². The molecule has 1 heterocycles. The first-order chi connectivity index (χ1) is 12.8. The van der Waals surface area contributed by atoms with Gasteiger partial charge in [0.2, 0.25) is 0 Å². The third-order valence-corrected chi connectivity index (χ3v) is 5.55. The Morgan fingerprint density at radius 3 is 2.61 bits per heavy atom. The fourth-order valence-corrected chi connectivity index (χ4v) is 4.18. The van der Waals surface area contributed by atoms with Crippen molar-refractivity contribution >= 4 is 17.5 Å². The molecule has 1 saturated heterocycles. The van der Waals surface area contributed by atoms with Crippen molar-refractivity contribution in [2.75, 3.05) is 6.61 Å². The number of alkyl halides is 6. The molecule has 0 spiro atoms. The maximum atomic E-state index is 12.9. The highest BCUT2D eigenvalue weighted by Crippen LogP contribution is 2.43. The summed E-state index contributed by atoms with van der Waals surface area (Å²) in [6.07, 6.45) is -9.26. The molecule has 1 aliphatic rings. The predicted molar refractivity (Wildman–Crippen MR) is 95.3 cm³/mol. The van der Waals surface area contributed by atoms with Gasteiger partial charge in [0, 0.05) is 27.7 Å². The number of benzene rings is 1. The number of halogens is 6. The summed E-state index contributed by atoms with van der Waals surface area (Å²) in [7, 11) is 0. The Morgan fingerprint density at radius 2 is 2.00 bits per heavy atom. The second-order valence-corrected chi connectivity index (χ2v) is 8.51. The van der Waals surface area contributed by atoms with Gasteiger partial charge >= 0.3 is 12.4 Å². The fraction of sp³-hybridized carbons (Fsp3) is 0.500. The first kappa shape index (κ1) is 22.6. The minimum absolute atomic E-state index is 0.00446. The van der Waals surface area contributed by atoms with E-state index in [2.05, 4.69) is 0 Å². The summed E-state index contributed by atoms with van der Waals surface area (Å²) in [6.45, 7) is 2.11. The summed E-state index contributed by atoms with van der Waals surface area (Å²) in [5.74, 6) is 0. The largest absolute Gasteiger partial charge is 0.416 e. The molecule has 2 rings (SSSR count). The highest BCUT2D eigenvalue weighted by atomic mass is 32.2. The number of hydrogen-bond donors (Lipinski definition) is 2. The normalized spacial score (nSPS) is 24.2. The lowest BCUT2D eigenvalue weighted by atomic mass is 9.94. The molecule has 1 fully saturated rings. The molecule has 0 aliphatic carbocycles. The van der Waals surface area contributed by atoms with Crippen molar-refractivity contribution in [3.8, 4) is 0 Å². The lowest BCUT2D eigenvalue weighted by Crippen LogP contribution is -2.38. The highest BCUT2D eigenvalue weighted by Gasteiger charge is 2.36. The molecule has 0 bridgehead atoms. The molecular weight excluding hydrogens is 406 g/mol. The number of rotatable bonds is 5. The molecular formula is C18H20F6N2OS. The summed E-state index contributed by atoms with van der Waals surface area (Å²) in [5, 5.41) is 7.41. The summed E-state index contributed by atoms with van der Waals surface area (Å²) >= 11 is 1.25. The molecule has 0 saturated carbocycles. The smallest absolute Gasteiger partial charge is 0.400 e. The van der Waals surface area contributed by atoms with E-state index in [1.54, 1.807) is 6.07 Å². The summed E-state index contributed by atoms with van der Waals surface area (Å²) in [6, 6.07) is 4.97. The third-order valence-electron chi connectivity index (χ3n) is 4.20. The number of allylic oxidation sites excluding steroid dienone is 1. The van der Waals surface area contributed by atoms with Crippen LogP contribution in [0.4, 0.5) is 26.3 Å². The lowest BCUT2D eigenvalue weighted by Gasteiger charge is -2.38. The van der Waals surface area contributed by atoms with Crippen LogP contribution in [0, 0.1) is 5.41 Å². The third kappa shape index (κ3) is 6.73. The Labute approximate surface area is 162 Å². The van der Waals surface area contributed by atoms with Gasteiger partial charge in [-0.25, -0.2) is 0 Å². The van der Waals surface area contributed by atoms with E-state index >= 15 is 0 Å². The van der Waals surface area contributed by atoms with Gasteiger partial charge in [0.25, 0.3) is 0 Å². The number of ether oxygens (including phenoxy) is 1. The second-order valence-electron chi connectivity index (χ2n) is 6.85. The van der Waals surface area contributed by atoms with Gasteiger partial charge in [0.1, 0.15) is 0 Å². The Kier molecular flexibility index (Phi) is 6.75. The van der Waals surface area contributed by atoms with Crippen LogP contribution in [0.5, 0.6) is 0 Å². The maximum absolute atomic E-state index is 12.9. The average molecular weight is 426 g/mol. The number of nitrogens with two attached hydrogens (primary N) is 1. The van der Waals surface area contributed by atoms with Crippen LogP contribution in [-0.2, 0) is 10.9 Å². The molecule has 1 aliphatic heterocycles. The van der Waals surface area contributed by atoms with Crippen LogP contribution in [0.15, 0.2) is 40.9 Å². The van der Waals surface area contributed by atoms with Gasteiger partial charge in [-0.3, -0.25) is 0 Å². The van der Waals surface area contributed by atoms with Crippen LogP contribution in [0.25, 0.3) is 0 Å². The number of thioether (sulfide) groups is 1. The molecule has 156 valence electrons. The van der Waals surface area contributed by atoms with E-state index in [9.17, 15) is 26.3 Å². The van der Waals surface area contributed by atoms with Gasteiger partial charge in [-0.15, -0.1) is 11.8 Å². The molecule has 0 aromatic heterocycles. The zero-order valence-corrected chi connectivity index (χ0v) is 15.8. The molecule has 2 atom stereocenters. The average Bonchev–Trinajstić information content (AvgIpc) is 2.52. The van der Waals surface area contributed by atoms with E-state index in [1.807, 2.05) is 6.92 Å². The van der Waals surface area contributed by atoms with E-state index in [1.165, 1.54) is 17.8 Å². The van der Waals surface area contributed by atoms with Gasteiger partial charge in [0.05, 0.1) is 18.1 Å². The first-order valence-corrected chi connectivity index (χ1v) is 9.18. The van der Waals surface area contributed by atoms with E-state index in [-0.39, 0.29) is 12.3 Å². The fourth-order valence-electron chi connectivity index (χ4n) is 2.86. The Bertz CT molecular complexity index is 746. The standard InChI is InChI=1S/C18H20F6N2OS/c1-16(28-13-4-2-3-11(7-13)18(22,23)24)5-6-27-15(10-16)14(26)8-12(25)9-17(19,20)21/h2-4,7-8,15,25H,5-6,9-10,26H2,1H3/b14-8-,25-12?. The summed E-state index contributed by atoms with van der Waals surface area (Å²) in [4.78, 5) is 0.436. The molecule has 1 aromatic rings. The van der Waals surface area contributed by atoms with Gasteiger partial charge in [-0.2, -0.15) is 26.3 Å². The zero-order chi connectivity index (χ0) is 21.2. The molecule has 3 N–H and O–H groups in total. The zero-order valence-electron chi connectivity index (χ0n) is 15.0. The van der Waals surface area contributed by atoms with Gasteiger partial charge < -0.3 is 15.9 Å². The monoisotopic (exact) mass is 426 g/mol. The Hall–Kier alpha value is -1.68. The van der Waals surface area contributed by atoms with Crippen molar-refractivity contribution in [3.05, 3.63) is 41.6 Å². The molecule has 28 heavy (non-hydrogen) atoms. The quantitative estimate of drug-likeness (QED) is 0.479. The van der Waals surface area contributed by atoms with E-state index in [0.717, 1.165) is 18.2 Å². The van der Waals surface area contributed by atoms with Crippen molar-refractivity contribution in [1.82, 2.24) is 0 Å². The van der Waals surface area contributed by atoms with Crippen LogP contribution in [-0.4, -0.2) is 29.3 Å². The van der Waals surface area contributed by atoms with E-state index in [0.29, 0.717) is 17.7 Å². The van der Waals surface area contributed by atoms with Crippen LogP contribution < -0.4 is 5.73 Å². The van der Waals surface area contributed by atoms with E-state index in [4.69, 9.17) is 15.9 Å². The number of nitrogens with one attached hydrogen (secondary N) is 1. The SMILES string of the molecule is CC1(Sc2cccc(C(F)(F)F)c2)CCOC(/C(N)=C/C(=N)CC(F)(F)F)C1. The lowest BCUT2D eigenvalue weighted by molar-refractivity contribution is -0.137. The van der Waals surface area contributed by atoms with Crippen molar-refractivity contribution < 1.29 is 31.1 Å². The van der Waals surface area contributed by atoms with Crippen LogP contribution >= 0.6 is 11.8 Å². The molecule has 0 radical (unpaired) electrons. The molecule has 0 amide bonds. The predicted octanol–water partition coefficient (Wildman–Crippen LogP) is 5.55. The number of hydrogen-bond acceptors (Lipinski definition) is 4. The first-order valence-electron chi connectivity index (χ1n) is 8.37. The molecule has 1 aromatic carbocycles. The van der Waals surface area contributed by atoms with Crippen molar-refractivity contribution in [2.24, 2.45) is 5.73 Å². The van der Waals surface area contributed by atoms with Gasteiger partial charge in [0.15, 0.2) is 0 Å². The maximum Gasteiger partial charge on any atom is 0.416 e. The summed E-state index contributed by atoms with van der Waals surface area (Å²) in [5.41, 5.74) is 4.42. The minimum atomic E-state index is -4.50. The topological polar surface area (TPSA) is 59.1 Å². The van der Waals surface area contributed by atoms with Crippen molar-refractivity contribution in [1.29, 1.82) is 5.41 Å². The highest BCUT2D eigenvalue weighted by molar-refractivity contribution is 8.00. The molecule has 10 heteroatoms. The van der Waals surface area contributed by atoms with Gasteiger partial charge in [-0.1, -0.05) is 6.07 Å². The second kappa shape index (κ2) is 8.36. The van der Waals surface area contributed by atoms with Crippen LogP contribution in [0.3, 0.4) is 0 Å². The molecule has 2 unspecified atom stereocenters. The van der Waals surface area contributed by atoms with Crippen molar-refractivity contribution in [3.63, 3.8) is 0 Å². The van der Waals surface area contributed by atoms with Crippen molar-refractivity contribution in [2.45, 2.75) is 54.3 Å².